The summed E-state index contributed by atoms with van der Waals surface area (Å²) in [6.07, 6.45) is 2.91. The van der Waals surface area contributed by atoms with Gasteiger partial charge in [-0.2, -0.15) is 0 Å². The summed E-state index contributed by atoms with van der Waals surface area (Å²) in [5.74, 6) is 0.644. The van der Waals surface area contributed by atoms with Crippen LogP contribution >= 0.6 is 27.3 Å². The Morgan fingerprint density at radius 3 is 2.50 bits per heavy atom. The predicted molar refractivity (Wildman–Crippen MR) is 65.7 cm³/mol. The molecule has 1 N–H and O–H groups in total. The van der Waals surface area contributed by atoms with Crippen LogP contribution in [0.25, 0.3) is 0 Å². The molecular formula is C11H17BrOS. The summed E-state index contributed by atoms with van der Waals surface area (Å²) in [5, 5.41) is 12.0. The summed E-state index contributed by atoms with van der Waals surface area (Å²) in [7, 11) is 0. The third-order valence-electron chi connectivity index (χ3n) is 2.63. The molecule has 1 aromatic rings. The van der Waals surface area contributed by atoms with Crippen LogP contribution in [0.1, 0.15) is 44.1 Å². The van der Waals surface area contributed by atoms with Gasteiger partial charge < -0.3 is 5.11 Å². The van der Waals surface area contributed by atoms with Crippen molar-refractivity contribution in [1.82, 2.24) is 0 Å². The Hall–Kier alpha value is 0.140. The van der Waals surface area contributed by atoms with Crippen LogP contribution in [0.15, 0.2) is 15.9 Å². The smallest absolute Gasteiger partial charge is 0.0885 e. The first-order chi connectivity index (χ1) is 6.67. The van der Waals surface area contributed by atoms with E-state index in [1.165, 1.54) is 0 Å². The lowest BCUT2D eigenvalue weighted by atomic mass is 9.95. The van der Waals surface area contributed by atoms with Crippen molar-refractivity contribution in [1.29, 1.82) is 0 Å². The number of thiophene rings is 1. The Morgan fingerprint density at radius 1 is 1.43 bits per heavy atom. The van der Waals surface area contributed by atoms with E-state index in [-0.39, 0.29) is 6.10 Å². The molecular weight excluding hydrogens is 260 g/mol. The summed E-state index contributed by atoms with van der Waals surface area (Å²) >= 11 is 5.02. The van der Waals surface area contributed by atoms with Crippen LogP contribution in [0.2, 0.25) is 0 Å². The van der Waals surface area contributed by atoms with Gasteiger partial charge in [0, 0.05) is 14.7 Å². The highest BCUT2D eigenvalue weighted by Crippen LogP contribution is 2.30. The second-order valence-corrected chi connectivity index (χ2v) is 5.46. The van der Waals surface area contributed by atoms with E-state index in [2.05, 4.69) is 29.8 Å². The number of hydrogen-bond acceptors (Lipinski definition) is 2. The lowest BCUT2D eigenvalue weighted by molar-refractivity contribution is 0.144. The second-order valence-electron chi connectivity index (χ2n) is 3.60. The zero-order chi connectivity index (χ0) is 10.6. The van der Waals surface area contributed by atoms with Crippen LogP contribution in [-0.2, 0) is 0 Å². The van der Waals surface area contributed by atoms with Gasteiger partial charge in [-0.3, -0.25) is 0 Å². The zero-order valence-corrected chi connectivity index (χ0v) is 11.1. The van der Waals surface area contributed by atoms with Crippen LogP contribution in [0.4, 0.5) is 0 Å². The maximum Gasteiger partial charge on any atom is 0.0885 e. The van der Waals surface area contributed by atoms with Gasteiger partial charge in [0.05, 0.1) is 6.10 Å². The standard InChI is InChI=1S/C11H17BrOS/c1-3-8(4-2)5-10(13)11-6-9(12)7-14-11/h6-8,10,13H,3-5H2,1-2H3. The molecule has 0 fully saturated rings. The Balaban J connectivity index is 2.53. The molecule has 0 radical (unpaired) electrons. The molecule has 1 heterocycles. The molecule has 0 aliphatic rings. The van der Waals surface area contributed by atoms with Crippen molar-refractivity contribution >= 4 is 27.3 Å². The molecule has 0 saturated carbocycles. The van der Waals surface area contributed by atoms with E-state index in [0.29, 0.717) is 5.92 Å². The van der Waals surface area contributed by atoms with E-state index in [0.717, 1.165) is 28.6 Å². The lowest BCUT2D eigenvalue weighted by Crippen LogP contribution is -2.04. The summed E-state index contributed by atoms with van der Waals surface area (Å²) in [6, 6.07) is 2.01. The average molecular weight is 277 g/mol. The minimum atomic E-state index is -0.281. The van der Waals surface area contributed by atoms with Crippen molar-refractivity contribution < 1.29 is 5.11 Å². The molecule has 0 aromatic carbocycles. The highest BCUT2D eigenvalue weighted by Gasteiger charge is 2.14. The third kappa shape index (κ3) is 3.37. The highest BCUT2D eigenvalue weighted by molar-refractivity contribution is 9.10. The van der Waals surface area contributed by atoms with E-state index in [4.69, 9.17) is 0 Å². The third-order valence-corrected chi connectivity index (χ3v) is 4.42. The Labute approximate surface area is 98.3 Å². The molecule has 0 bridgehead atoms. The Morgan fingerprint density at radius 2 is 2.07 bits per heavy atom. The van der Waals surface area contributed by atoms with Crippen LogP contribution in [0.5, 0.6) is 0 Å². The van der Waals surface area contributed by atoms with Crippen LogP contribution in [0, 0.1) is 5.92 Å². The molecule has 1 unspecified atom stereocenters. The molecule has 1 atom stereocenters. The van der Waals surface area contributed by atoms with Crippen molar-refractivity contribution in [3.63, 3.8) is 0 Å². The fraction of sp³-hybridized carbons (Fsp3) is 0.636. The van der Waals surface area contributed by atoms with Crippen molar-refractivity contribution in [2.24, 2.45) is 5.92 Å². The van der Waals surface area contributed by atoms with Gasteiger partial charge in [-0.25, -0.2) is 0 Å². The minimum Gasteiger partial charge on any atom is -0.388 e. The maximum absolute atomic E-state index is 9.96. The van der Waals surface area contributed by atoms with E-state index >= 15 is 0 Å². The summed E-state index contributed by atoms with van der Waals surface area (Å²) in [4.78, 5) is 1.07. The second kappa shape index (κ2) is 5.89. The molecule has 1 nitrogen and oxygen atoms in total. The Kier molecular flexibility index (Phi) is 5.13. The van der Waals surface area contributed by atoms with Gasteiger partial charge >= 0.3 is 0 Å². The van der Waals surface area contributed by atoms with Gasteiger partial charge in [-0.15, -0.1) is 11.3 Å². The van der Waals surface area contributed by atoms with E-state index in [1.54, 1.807) is 11.3 Å². The molecule has 0 aliphatic heterocycles. The van der Waals surface area contributed by atoms with Crippen molar-refractivity contribution in [3.8, 4) is 0 Å². The molecule has 80 valence electrons. The number of aliphatic hydroxyl groups excluding tert-OH is 1. The van der Waals surface area contributed by atoms with Gasteiger partial charge in [-0.1, -0.05) is 26.7 Å². The van der Waals surface area contributed by atoms with Gasteiger partial charge in [0.2, 0.25) is 0 Å². The van der Waals surface area contributed by atoms with Gasteiger partial charge in [0.25, 0.3) is 0 Å². The molecule has 0 amide bonds. The molecule has 0 saturated heterocycles. The van der Waals surface area contributed by atoms with Gasteiger partial charge in [-0.05, 0) is 34.3 Å². The molecule has 0 spiro atoms. The molecule has 3 heteroatoms. The topological polar surface area (TPSA) is 20.2 Å². The molecule has 1 aromatic heterocycles. The SMILES string of the molecule is CCC(CC)CC(O)c1cc(Br)cs1. The average Bonchev–Trinajstić information content (AvgIpc) is 2.61. The fourth-order valence-electron chi connectivity index (χ4n) is 1.56. The first-order valence-electron chi connectivity index (χ1n) is 5.09. The summed E-state index contributed by atoms with van der Waals surface area (Å²) in [5.41, 5.74) is 0. The van der Waals surface area contributed by atoms with E-state index in [9.17, 15) is 5.11 Å². The maximum atomic E-state index is 9.96. The van der Waals surface area contributed by atoms with Crippen LogP contribution in [0.3, 0.4) is 0 Å². The van der Waals surface area contributed by atoms with Gasteiger partial charge in [0.1, 0.15) is 0 Å². The quantitative estimate of drug-likeness (QED) is 0.847. The number of rotatable bonds is 5. The largest absolute Gasteiger partial charge is 0.388 e. The van der Waals surface area contributed by atoms with E-state index in [1.807, 2.05) is 11.4 Å². The highest BCUT2D eigenvalue weighted by atomic mass is 79.9. The summed E-state index contributed by atoms with van der Waals surface area (Å²) < 4.78 is 1.07. The molecule has 1 rings (SSSR count). The predicted octanol–water partition coefficient (Wildman–Crippen LogP) is 4.37. The monoisotopic (exact) mass is 276 g/mol. The first kappa shape index (κ1) is 12.2. The van der Waals surface area contributed by atoms with Gasteiger partial charge in [0.15, 0.2) is 0 Å². The van der Waals surface area contributed by atoms with Crippen molar-refractivity contribution in [3.05, 3.63) is 20.8 Å². The minimum absolute atomic E-state index is 0.281. The van der Waals surface area contributed by atoms with Crippen molar-refractivity contribution in [2.75, 3.05) is 0 Å². The lowest BCUT2D eigenvalue weighted by Gasteiger charge is -2.15. The number of hydrogen-bond donors (Lipinski definition) is 1. The van der Waals surface area contributed by atoms with Crippen LogP contribution < -0.4 is 0 Å². The first-order valence-corrected chi connectivity index (χ1v) is 6.76. The molecule has 14 heavy (non-hydrogen) atoms. The van der Waals surface area contributed by atoms with Crippen LogP contribution in [-0.4, -0.2) is 5.11 Å². The van der Waals surface area contributed by atoms with E-state index < -0.39 is 0 Å². The zero-order valence-electron chi connectivity index (χ0n) is 8.66. The van der Waals surface area contributed by atoms with Crippen molar-refractivity contribution in [2.45, 2.75) is 39.2 Å². The molecule has 0 aliphatic carbocycles. The fourth-order valence-corrected chi connectivity index (χ4v) is 3.00. The summed E-state index contributed by atoms with van der Waals surface area (Å²) in [6.45, 7) is 4.37. The number of halogens is 1. The Bertz CT molecular complexity index is 268. The normalized spacial score (nSPS) is 13.5. The number of aliphatic hydroxyl groups is 1.